The minimum Gasteiger partial charge on any atom is -0.394 e. The van der Waals surface area contributed by atoms with Crippen molar-refractivity contribution >= 4 is 76.6 Å². The second-order valence-electron chi connectivity index (χ2n) is 6.95. The number of nitrogens with zero attached hydrogens (tertiary/aromatic N) is 4. The molecular formula is C16H18N8O3S4. The first-order chi connectivity index (χ1) is 14.8. The molecule has 1 unspecified atom stereocenters. The molecule has 0 aliphatic rings. The van der Waals surface area contributed by atoms with Crippen LogP contribution < -0.4 is 20.8 Å². The van der Waals surface area contributed by atoms with Crippen LogP contribution in [0.4, 0.5) is 11.6 Å². The third-order valence-electron chi connectivity index (χ3n) is 4.05. The second kappa shape index (κ2) is 9.12. The lowest BCUT2D eigenvalue weighted by Gasteiger charge is -2.19. The maximum Gasteiger partial charge on any atom is 0.306 e. The van der Waals surface area contributed by atoms with Gasteiger partial charge in [0.1, 0.15) is 15.2 Å². The van der Waals surface area contributed by atoms with Gasteiger partial charge in [0.05, 0.1) is 12.6 Å². The van der Waals surface area contributed by atoms with E-state index in [1.54, 1.807) is 0 Å². The van der Waals surface area contributed by atoms with E-state index >= 15 is 0 Å². The number of hydrogen-bond donors (Lipinski definition) is 5. The molecule has 0 spiro atoms. The van der Waals surface area contributed by atoms with Crippen LogP contribution in [0.25, 0.3) is 20.7 Å². The molecule has 0 aromatic carbocycles. The fourth-order valence-electron chi connectivity index (χ4n) is 2.86. The fourth-order valence-corrected chi connectivity index (χ4v) is 5.83. The van der Waals surface area contributed by atoms with Gasteiger partial charge in [-0.15, -0.1) is 0 Å². The molecule has 11 nitrogen and oxygen atoms in total. The number of anilines is 2. The molecule has 0 amide bonds. The van der Waals surface area contributed by atoms with Crippen molar-refractivity contribution in [3.63, 3.8) is 0 Å². The lowest BCUT2D eigenvalue weighted by molar-refractivity contribution is 0.259. The molecular weight excluding hydrogens is 480 g/mol. The Morgan fingerprint density at radius 3 is 2.19 bits per heavy atom. The molecule has 0 radical (unpaired) electrons. The third-order valence-corrected chi connectivity index (χ3v) is 7.72. The van der Waals surface area contributed by atoms with E-state index in [9.17, 15) is 14.7 Å². The summed E-state index contributed by atoms with van der Waals surface area (Å²) in [6.45, 7) is 4.07. The number of nitrogen functional groups attached to an aromatic ring is 1. The summed E-state index contributed by atoms with van der Waals surface area (Å²) < 4.78 is 1.11. The Kier molecular flexibility index (Phi) is 6.47. The molecule has 0 saturated carbocycles. The van der Waals surface area contributed by atoms with E-state index in [2.05, 4.69) is 49.1 Å². The molecule has 164 valence electrons. The molecule has 4 aromatic heterocycles. The summed E-state index contributed by atoms with van der Waals surface area (Å²) in [6.07, 6.45) is 0.741. The van der Waals surface area contributed by atoms with Gasteiger partial charge in [-0.1, -0.05) is 36.5 Å². The second-order valence-corrected chi connectivity index (χ2v) is 11.0. The van der Waals surface area contributed by atoms with Gasteiger partial charge >= 0.3 is 9.75 Å². The summed E-state index contributed by atoms with van der Waals surface area (Å²) in [5, 5.41) is 13.7. The van der Waals surface area contributed by atoms with Gasteiger partial charge in [-0.3, -0.25) is 19.6 Å². The van der Waals surface area contributed by atoms with E-state index in [0.717, 1.165) is 29.1 Å². The largest absolute Gasteiger partial charge is 0.394 e. The molecule has 6 N–H and O–H groups in total. The molecule has 0 saturated heterocycles. The summed E-state index contributed by atoms with van der Waals surface area (Å²) in [7, 11) is 2.37. The van der Waals surface area contributed by atoms with Gasteiger partial charge in [-0.2, -0.15) is 0 Å². The van der Waals surface area contributed by atoms with Crippen molar-refractivity contribution in [1.29, 1.82) is 0 Å². The molecule has 31 heavy (non-hydrogen) atoms. The first kappa shape index (κ1) is 22.0. The highest BCUT2D eigenvalue weighted by molar-refractivity contribution is 8.76. The van der Waals surface area contributed by atoms with Crippen molar-refractivity contribution in [3.8, 4) is 0 Å². The highest BCUT2D eigenvalue weighted by atomic mass is 33.1. The number of H-pyrrole nitrogens is 2. The van der Waals surface area contributed by atoms with Crippen molar-refractivity contribution in [2.24, 2.45) is 5.92 Å². The van der Waals surface area contributed by atoms with Gasteiger partial charge in [0, 0.05) is 0 Å². The number of aliphatic hydroxyl groups excluding tert-OH is 1. The van der Waals surface area contributed by atoms with E-state index in [1.165, 1.54) is 21.6 Å². The van der Waals surface area contributed by atoms with Gasteiger partial charge < -0.3 is 16.2 Å². The average molecular weight is 499 g/mol. The molecule has 15 heteroatoms. The van der Waals surface area contributed by atoms with Crippen LogP contribution in [0.3, 0.4) is 0 Å². The van der Waals surface area contributed by atoms with E-state index in [1.807, 2.05) is 0 Å². The number of nitrogens with one attached hydrogen (secondary N) is 3. The molecule has 0 fully saturated rings. The number of aromatic amines is 2. The van der Waals surface area contributed by atoms with Crippen molar-refractivity contribution in [1.82, 2.24) is 29.9 Å². The number of aromatic nitrogens is 6. The predicted octanol–water partition coefficient (Wildman–Crippen LogP) is 2.27. The van der Waals surface area contributed by atoms with Crippen LogP contribution in [-0.2, 0) is 0 Å². The molecule has 0 aliphatic carbocycles. The van der Waals surface area contributed by atoms with E-state index in [0.29, 0.717) is 42.7 Å². The number of thiazole rings is 2. The molecule has 1 atom stereocenters. The van der Waals surface area contributed by atoms with Crippen LogP contribution in [-0.4, -0.2) is 47.7 Å². The number of nitrogens with two attached hydrogens (primary N) is 1. The van der Waals surface area contributed by atoms with Crippen molar-refractivity contribution in [2.75, 3.05) is 17.7 Å². The number of fused-ring (bicyclic) bond motifs is 2. The summed E-state index contributed by atoms with van der Waals surface area (Å²) in [5.41, 5.74) is 6.72. The van der Waals surface area contributed by atoms with Crippen LogP contribution >= 0.6 is 44.3 Å². The van der Waals surface area contributed by atoms with Crippen LogP contribution in [0.1, 0.15) is 20.3 Å². The highest BCUT2D eigenvalue weighted by Gasteiger charge is 2.18. The average Bonchev–Trinajstić information content (AvgIpc) is 3.27. The predicted molar refractivity (Wildman–Crippen MR) is 126 cm³/mol. The Balaban J connectivity index is 1.62. The quantitative estimate of drug-likeness (QED) is 0.178. The van der Waals surface area contributed by atoms with Crippen LogP contribution in [0.5, 0.6) is 0 Å². The number of rotatable bonds is 8. The highest BCUT2D eigenvalue weighted by Crippen LogP contribution is 2.37. The normalized spacial score (nSPS) is 12.8. The smallest absolute Gasteiger partial charge is 0.306 e. The standard InChI is InChI=1S/C16H18N8O3S4/c1-5(2)3-6(4-25)18-11-8-12(24-16(27)29-8)22-14(21-11)31-30-13-19-9(17)7-10(20-13)23-15(26)28-7/h5-6,25H,3-4H2,1-2H3,(H3,17,19,20,23,26)(H2,18,21,22,24,27). The molecule has 0 bridgehead atoms. The molecule has 4 rings (SSSR count). The van der Waals surface area contributed by atoms with Crippen molar-refractivity contribution < 1.29 is 5.11 Å². The van der Waals surface area contributed by atoms with Crippen LogP contribution in [0.2, 0.25) is 0 Å². The van der Waals surface area contributed by atoms with Gasteiger partial charge in [-0.05, 0) is 33.9 Å². The Morgan fingerprint density at radius 2 is 1.58 bits per heavy atom. The third kappa shape index (κ3) is 5.01. The number of hydrogen-bond acceptors (Lipinski definition) is 13. The van der Waals surface area contributed by atoms with E-state index in [4.69, 9.17) is 5.73 Å². The molecule has 0 aliphatic heterocycles. The van der Waals surface area contributed by atoms with E-state index in [-0.39, 0.29) is 28.2 Å². The minimum atomic E-state index is -0.253. The summed E-state index contributed by atoms with van der Waals surface area (Å²) in [6, 6.07) is -0.207. The van der Waals surface area contributed by atoms with Crippen LogP contribution in [0, 0.1) is 5.92 Å². The summed E-state index contributed by atoms with van der Waals surface area (Å²) in [5.74, 6) is 1.07. The summed E-state index contributed by atoms with van der Waals surface area (Å²) >= 11 is 1.97. The fraction of sp³-hybridized carbons (Fsp3) is 0.375. The number of aliphatic hydroxyl groups is 1. The summed E-state index contributed by atoms with van der Waals surface area (Å²) in [4.78, 5) is 45.7. The maximum absolute atomic E-state index is 11.9. The van der Waals surface area contributed by atoms with Crippen LogP contribution in [0.15, 0.2) is 19.9 Å². The zero-order valence-corrected chi connectivity index (χ0v) is 19.6. The Hall–Kier alpha value is -2.20. The van der Waals surface area contributed by atoms with Gasteiger partial charge in [0.2, 0.25) is 10.3 Å². The SMILES string of the molecule is CC(C)CC(CO)Nc1nc(SSc2nc(N)c3sc(=O)[nH]c3n2)nc2[nH]c(=O)sc12. The topological polar surface area (TPSA) is 176 Å². The minimum absolute atomic E-state index is 0.0633. The Labute approximate surface area is 190 Å². The first-order valence-electron chi connectivity index (χ1n) is 9.11. The first-order valence-corrected chi connectivity index (χ1v) is 12.9. The van der Waals surface area contributed by atoms with Gasteiger partial charge in [0.15, 0.2) is 17.1 Å². The lowest BCUT2D eigenvalue weighted by atomic mass is 10.0. The Bertz CT molecular complexity index is 1340. The Morgan fingerprint density at radius 1 is 1.00 bits per heavy atom. The monoisotopic (exact) mass is 498 g/mol. The zero-order chi connectivity index (χ0) is 22.1. The van der Waals surface area contributed by atoms with Gasteiger partial charge in [-0.25, -0.2) is 19.9 Å². The zero-order valence-electron chi connectivity index (χ0n) is 16.3. The lowest BCUT2D eigenvalue weighted by Crippen LogP contribution is -2.26. The van der Waals surface area contributed by atoms with Gasteiger partial charge in [0.25, 0.3) is 0 Å². The molecule has 4 heterocycles. The van der Waals surface area contributed by atoms with E-state index < -0.39 is 0 Å². The van der Waals surface area contributed by atoms with Crippen molar-refractivity contribution in [2.45, 2.75) is 36.6 Å². The molecule has 4 aromatic rings. The maximum atomic E-state index is 11.9. The van der Waals surface area contributed by atoms with Crippen molar-refractivity contribution in [3.05, 3.63) is 19.3 Å².